The van der Waals surface area contributed by atoms with Gasteiger partial charge in [0, 0.05) is 14.6 Å². The number of carbonyl (C=O) groups excluding carboxylic acids is 1. The zero-order valence-electron chi connectivity index (χ0n) is 14.0. The van der Waals surface area contributed by atoms with Crippen LogP contribution in [-0.4, -0.2) is 10.9 Å². The molecule has 1 N–H and O–H groups in total. The van der Waals surface area contributed by atoms with Crippen molar-refractivity contribution in [2.75, 3.05) is 5.32 Å². The molecule has 0 radical (unpaired) electrons. The molecule has 128 valence electrons. The first-order valence-electron chi connectivity index (χ1n) is 8.13. The number of rotatable bonds is 3. The minimum absolute atomic E-state index is 0.120. The van der Waals surface area contributed by atoms with Crippen LogP contribution in [0, 0.1) is 10.5 Å². The smallest absolute Gasteiger partial charge is 0.256 e. The van der Waals surface area contributed by atoms with E-state index in [1.54, 1.807) is 11.3 Å². The van der Waals surface area contributed by atoms with Crippen LogP contribution in [0.25, 0.3) is 21.5 Å². The van der Waals surface area contributed by atoms with Crippen molar-refractivity contribution in [2.24, 2.45) is 0 Å². The fourth-order valence-corrected chi connectivity index (χ4v) is 4.20. The monoisotopic (exact) mass is 470 g/mol. The summed E-state index contributed by atoms with van der Waals surface area (Å²) in [5.74, 6) is -0.120. The molecule has 0 spiro atoms. The summed E-state index contributed by atoms with van der Waals surface area (Å²) >= 11 is 3.89. The first kappa shape index (κ1) is 17.2. The van der Waals surface area contributed by atoms with Crippen molar-refractivity contribution < 1.29 is 4.79 Å². The molecule has 0 saturated heterocycles. The Bertz CT molecular complexity index is 1110. The summed E-state index contributed by atoms with van der Waals surface area (Å²) in [4.78, 5) is 18.8. The molecular weight excluding hydrogens is 455 g/mol. The lowest BCUT2D eigenvalue weighted by Gasteiger charge is -2.12. The molecule has 2 aromatic carbocycles. The van der Waals surface area contributed by atoms with Gasteiger partial charge in [0.15, 0.2) is 0 Å². The van der Waals surface area contributed by atoms with Crippen LogP contribution in [-0.2, 0) is 0 Å². The maximum Gasteiger partial charge on any atom is 0.256 e. The number of hydrogen-bond donors (Lipinski definition) is 1. The molecule has 0 aliphatic rings. The maximum absolute atomic E-state index is 13.0. The summed E-state index contributed by atoms with van der Waals surface area (Å²) in [6.07, 6.45) is 0. The highest BCUT2D eigenvalue weighted by Gasteiger charge is 2.15. The average molecular weight is 470 g/mol. The molecule has 0 saturated carbocycles. The fraction of sp³-hybridized carbons (Fsp3) is 0.0476. The van der Waals surface area contributed by atoms with Crippen LogP contribution in [0.5, 0.6) is 0 Å². The fourth-order valence-electron chi connectivity index (χ4n) is 2.87. The highest BCUT2D eigenvalue weighted by atomic mass is 127. The minimum Gasteiger partial charge on any atom is -0.322 e. The molecule has 0 atom stereocenters. The van der Waals surface area contributed by atoms with Gasteiger partial charge in [0.2, 0.25) is 0 Å². The van der Waals surface area contributed by atoms with E-state index in [4.69, 9.17) is 4.98 Å². The second kappa shape index (κ2) is 7.17. The summed E-state index contributed by atoms with van der Waals surface area (Å²) in [5, 5.41) is 5.92. The Balaban J connectivity index is 1.80. The largest absolute Gasteiger partial charge is 0.322 e. The number of thiophene rings is 1. The Morgan fingerprint density at radius 2 is 1.92 bits per heavy atom. The van der Waals surface area contributed by atoms with Gasteiger partial charge in [-0.15, -0.1) is 11.3 Å². The van der Waals surface area contributed by atoms with Crippen LogP contribution >= 0.6 is 33.9 Å². The molecule has 4 aromatic rings. The molecule has 3 nitrogen and oxygen atoms in total. The number of amides is 1. The molecule has 2 aromatic heterocycles. The molecule has 1 amide bonds. The van der Waals surface area contributed by atoms with Crippen molar-refractivity contribution in [2.45, 2.75) is 6.92 Å². The number of fused-ring (bicyclic) bond motifs is 1. The number of aromatic nitrogens is 1. The van der Waals surface area contributed by atoms with Crippen molar-refractivity contribution in [3.8, 4) is 10.6 Å². The molecule has 0 bridgehead atoms. The summed E-state index contributed by atoms with van der Waals surface area (Å²) in [5.41, 5.74) is 4.15. The Morgan fingerprint density at radius 3 is 2.69 bits per heavy atom. The molecule has 0 fully saturated rings. The topological polar surface area (TPSA) is 42.0 Å². The number of halogens is 1. The van der Waals surface area contributed by atoms with Crippen molar-refractivity contribution in [3.63, 3.8) is 0 Å². The molecular formula is C21H15IN2OS. The van der Waals surface area contributed by atoms with Crippen LogP contribution in [0.1, 0.15) is 15.9 Å². The first-order chi connectivity index (χ1) is 12.6. The molecule has 2 heterocycles. The number of carbonyl (C=O) groups is 1. The van der Waals surface area contributed by atoms with Gasteiger partial charge in [0.1, 0.15) is 0 Å². The van der Waals surface area contributed by atoms with Gasteiger partial charge in [-0.1, -0.05) is 24.3 Å². The highest BCUT2D eigenvalue weighted by Crippen LogP contribution is 2.28. The number of nitrogens with zero attached hydrogens (tertiary/aromatic N) is 1. The third-order valence-electron chi connectivity index (χ3n) is 4.17. The Labute approximate surface area is 169 Å². The summed E-state index contributed by atoms with van der Waals surface area (Å²) in [6, 6.07) is 19.6. The molecule has 0 unspecified atom stereocenters. The van der Waals surface area contributed by atoms with Gasteiger partial charge in [0.05, 0.1) is 21.7 Å². The van der Waals surface area contributed by atoms with E-state index in [-0.39, 0.29) is 5.91 Å². The van der Waals surface area contributed by atoms with Crippen LogP contribution in [0.4, 0.5) is 5.69 Å². The predicted octanol–water partition coefficient (Wildman–Crippen LogP) is 6.13. The minimum atomic E-state index is -0.120. The van der Waals surface area contributed by atoms with Crippen LogP contribution in [0.2, 0.25) is 0 Å². The Hall–Kier alpha value is -2.25. The number of benzene rings is 2. The van der Waals surface area contributed by atoms with Crippen molar-refractivity contribution in [1.82, 2.24) is 4.98 Å². The normalized spacial score (nSPS) is 10.8. The van der Waals surface area contributed by atoms with E-state index in [9.17, 15) is 4.79 Å². The molecule has 0 aliphatic carbocycles. The first-order valence-corrected chi connectivity index (χ1v) is 10.1. The zero-order chi connectivity index (χ0) is 18.1. The molecule has 5 heteroatoms. The zero-order valence-corrected chi connectivity index (χ0v) is 17.0. The van der Waals surface area contributed by atoms with Crippen LogP contribution < -0.4 is 5.32 Å². The summed E-state index contributed by atoms with van der Waals surface area (Å²) in [6.45, 7) is 2.00. The SMILES string of the molecule is Cc1cc(I)ccc1NC(=O)c1cc(-c2cccs2)nc2ccccc12. The predicted molar refractivity (Wildman–Crippen MR) is 117 cm³/mol. The molecule has 0 aliphatic heterocycles. The number of nitrogens with one attached hydrogen (secondary N) is 1. The van der Waals surface area contributed by atoms with Gasteiger partial charge in [0.25, 0.3) is 5.91 Å². The number of aryl methyl sites for hydroxylation is 1. The van der Waals surface area contributed by atoms with Gasteiger partial charge in [-0.3, -0.25) is 4.79 Å². The lowest BCUT2D eigenvalue weighted by molar-refractivity contribution is 0.102. The third kappa shape index (κ3) is 3.37. The van der Waals surface area contributed by atoms with E-state index in [1.165, 1.54) is 0 Å². The van der Waals surface area contributed by atoms with Crippen LogP contribution in [0.15, 0.2) is 66.0 Å². The van der Waals surface area contributed by atoms with E-state index in [0.29, 0.717) is 5.56 Å². The molecule has 4 rings (SSSR count). The number of para-hydroxylation sites is 1. The number of pyridine rings is 1. The van der Waals surface area contributed by atoms with Crippen molar-refractivity contribution >= 4 is 56.4 Å². The summed E-state index contributed by atoms with van der Waals surface area (Å²) < 4.78 is 1.15. The standard InChI is InChI=1S/C21H15IN2OS/c1-13-11-14(22)8-9-17(13)24-21(25)16-12-19(20-7-4-10-26-20)23-18-6-3-2-5-15(16)18/h2-12H,1H3,(H,24,25). The van der Waals surface area contributed by atoms with E-state index < -0.39 is 0 Å². The third-order valence-corrected chi connectivity index (χ3v) is 5.73. The quantitative estimate of drug-likeness (QED) is 0.366. The highest BCUT2D eigenvalue weighted by molar-refractivity contribution is 14.1. The van der Waals surface area contributed by atoms with Crippen molar-refractivity contribution in [3.05, 3.63) is 80.7 Å². The van der Waals surface area contributed by atoms with E-state index in [2.05, 4.69) is 34.0 Å². The lowest BCUT2D eigenvalue weighted by Crippen LogP contribution is -2.14. The second-order valence-corrected chi connectivity index (χ2v) is 8.16. The van der Waals surface area contributed by atoms with E-state index in [1.807, 2.05) is 66.9 Å². The molecule has 26 heavy (non-hydrogen) atoms. The van der Waals surface area contributed by atoms with Gasteiger partial charge >= 0.3 is 0 Å². The number of hydrogen-bond acceptors (Lipinski definition) is 3. The average Bonchev–Trinajstić information content (AvgIpc) is 3.18. The van der Waals surface area contributed by atoms with Gasteiger partial charge in [-0.25, -0.2) is 4.98 Å². The van der Waals surface area contributed by atoms with E-state index >= 15 is 0 Å². The van der Waals surface area contributed by atoms with Gasteiger partial charge < -0.3 is 5.32 Å². The second-order valence-electron chi connectivity index (χ2n) is 5.96. The summed E-state index contributed by atoms with van der Waals surface area (Å²) in [7, 11) is 0. The van der Waals surface area contributed by atoms with Crippen molar-refractivity contribution in [1.29, 1.82) is 0 Å². The van der Waals surface area contributed by atoms with E-state index in [0.717, 1.165) is 36.3 Å². The van der Waals surface area contributed by atoms with Gasteiger partial charge in [-0.2, -0.15) is 0 Å². The Kier molecular flexibility index (Phi) is 4.74. The lowest BCUT2D eigenvalue weighted by atomic mass is 10.1. The van der Waals surface area contributed by atoms with Crippen LogP contribution in [0.3, 0.4) is 0 Å². The maximum atomic E-state index is 13.0. The van der Waals surface area contributed by atoms with Gasteiger partial charge in [-0.05, 0) is 76.9 Å². The Morgan fingerprint density at radius 1 is 1.08 bits per heavy atom. The number of anilines is 1.